The van der Waals surface area contributed by atoms with Gasteiger partial charge in [-0.3, -0.25) is 0 Å². The summed E-state index contributed by atoms with van der Waals surface area (Å²) >= 11 is 0. The van der Waals surface area contributed by atoms with Gasteiger partial charge in [0.1, 0.15) is 0 Å². The Hall–Kier alpha value is -1.82. The molecule has 0 atom stereocenters. The fourth-order valence-corrected chi connectivity index (χ4v) is 4.01. The topological polar surface area (TPSA) is 75.3 Å². The van der Waals surface area contributed by atoms with Crippen molar-refractivity contribution in [1.29, 1.82) is 0 Å². The first kappa shape index (κ1) is 17.5. The fourth-order valence-electron chi connectivity index (χ4n) is 3.09. The summed E-state index contributed by atoms with van der Waals surface area (Å²) < 4.78 is 26.4. The maximum Gasteiger partial charge on any atom is 0.328 e. The van der Waals surface area contributed by atoms with Crippen molar-refractivity contribution in [3.05, 3.63) is 42.5 Å². The molecule has 5 nitrogen and oxygen atoms in total. The second-order valence-corrected chi connectivity index (χ2v) is 7.98. The summed E-state index contributed by atoms with van der Waals surface area (Å²) in [5, 5.41) is 2.71. The number of amides is 2. The van der Waals surface area contributed by atoms with Gasteiger partial charge in [0.15, 0.2) is 0 Å². The van der Waals surface area contributed by atoms with Crippen LogP contribution in [0, 0.1) is 12.3 Å². The van der Waals surface area contributed by atoms with Crippen LogP contribution in [0.3, 0.4) is 0 Å². The monoisotopic (exact) mass is 336 g/mol. The van der Waals surface area contributed by atoms with E-state index in [0.29, 0.717) is 6.54 Å². The third-order valence-corrected chi connectivity index (χ3v) is 5.77. The Morgan fingerprint density at radius 3 is 2.43 bits per heavy atom. The minimum atomic E-state index is -3.84. The number of benzene rings is 1. The van der Waals surface area contributed by atoms with E-state index < -0.39 is 16.1 Å². The molecule has 2 N–H and O–H groups in total. The van der Waals surface area contributed by atoms with Crippen LogP contribution in [0.4, 0.5) is 4.79 Å². The molecule has 2 rings (SSSR count). The number of carbonyl (C=O) groups excluding carboxylic acids is 1. The number of hydrogen-bond donors (Lipinski definition) is 2. The van der Waals surface area contributed by atoms with Crippen LogP contribution < -0.4 is 10.0 Å². The third-order valence-electron chi connectivity index (χ3n) is 4.42. The Balaban J connectivity index is 1.96. The van der Waals surface area contributed by atoms with Gasteiger partial charge in [-0.1, -0.05) is 36.6 Å². The standard InChI is InChI=1S/C17H24N2O3S/c1-3-10-17(11-4-5-12-17)13-18-16(20)19-23(21,22)15-8-6-14(2)7-9-15/h3,6-9H,1,4-5,10-13H2,2H3,(H2,18,19,20). The van der Waals surface area contributed by atoms with Gasteiger partial charge >= 0.3 is 6.03 Å². The number of hydrogen-bond acceptors (Lipinski definition) is 3. The summed E-state index contributed by atoms with van der Waals surface area (Å²) in [7, 11) is -3.84. The minimum Gasteiger partial charge on any atom is -0.337 e. The van der Waals surface area contributed by atoms with Crippen molar-refractivity contribution in [2.24, 2.45) is 5.41 Å². The highest BCUT2D eigenvalue weighted by Crippen LogP contribution is 2.40. The molecule has 0 aromatic heterocycles. The molecular formula is C17H24N2O3S. The molecule has 0 saturated heterocycles. The quantitative estimate of drug-likeness (QED) is 0.784. The lowest BCUT2D eigenvalue weighted by atomic mass is 9.83. The van der Waals surface area contributed by atoms with Crippen LogP contribution in [0.25, 0.3) is 0 Å². The molecule has 0 aliphatic heterocycles. The molecule has 1 saturated carbocycles. The van der Waals surface area contributed by atoms with Crippen LogP contribution >= 0.6 is 0 Å². The van der Waals surface area contributed by atoms with Gasteiger partial charge in [-0.25, -0.2) is 17.9 Å². The van der Waals surface area contributed by atoms with Crippen LogP contribution in [0.5, 0.6) is 0 Å². The summed E-state index contributed by atoms with van der Waals surface area (Å²) in [4.78, 5) is 12.1. The Labute approximate surface area is 138 Å². The third kappa shape index (κ3) is 4.58. The maximum absolute atomic E-state index is 12.2. The van der Waals surface area contributed by atoms with Crippen LogP contribution in [0.1, 0.15) is 37.7 Å². The number of carbonyl (C=O) groups is 1. The number of urea groups is 1. The van der Waals surface area contributed by atoms with Crippen LogP contribution in [0.15, 0.2) is 41.8 Å². The van der Waals surface area contributed by atoms with Gasteiger partial charge in [-0.2, -0.15) is 0 Å². The van der Waals surface area contributed by atoms with Crippen molar-refractivity contribution in [2.45, 2.75) is 43.9 Å². The van der Waals surface area contributed by atoms with Crippen LogP contribution in [-0.4, -0.2) is 21.0 Å². The molecule has 1 fully saturated rings. The average Bonchev–Trinajstić information content (AvgIpc) is 2.95. The second kappa shape index (κ2) is 7.17. The van der Waals surface area contributed by atoms with Gasteiger partial charge in [0, 0.05) is 6.54 Å². The molecule has 0 radical (unpaired) electrons. The van der Waals surface area contributed by atoms with E-state index in [-0.39, 0.29) is 10.3 Å². The zero-order chi connectivity index (χ0) is 16.9. The molecule has 126 valence electrons. The van der Waals surface area contributed by atoms with E-state index in [4.69, 9.17) is 0 Å². The Morgan fingerprint density at radius 1 is 1.26 bits per heavy atom. The van der Waals surface area contributed by atoms with Gasteiger partial charge in [-0.05, 0) is 43.7 Å². The zero-order valence-corrected chi connectivity index (χ0v) is 14.3. The van der Waals surface area contributed by atoms with E-state index in [2.05, 4.69) is 16.6 Å². The predicted molar refractivity (Wildman–Crippen MR) is 90.6 cm³/mol. The second-order valence-electron chi connectivity index (χ2n) is 6.30. The average molecular weight is 336 g/mol. The molecule has 0 heterocycles. The molecule has 1 aliphatic rings. The lowest BCUT2D eigenvalue weighted by Crippen LogP contribution is -2.43. The lowest BCUT2D eigenvalue weighted by molar-refractivity contribution is 0.232. The van der Waals surface area contributed by atoms with Crippen molar-refractivity contribution in [2.75, 3.05) is 6.54 Å². The van der Waals surface area contributed by atoms with E-state index >= 15 is 0 Å². The number of sulfonamides is 1. The van der Waals surface area contributed by atoms with Crippen LogP contribution in [0.2, 0.25) is 0 Å². The fraction of sp³-hybridized carbons (Fsp3) is 0.471. The first-order valence-electron chi connectivity index (χ1n) is 7.85. The normalized spacial score (nSPS) is 16.7. The summed E-state index contributed by atoms with van der Waals surface area (Å²) in [5.74, 6) is 0. The highest BCUT2D eigenvalue weighted by Gasteiger charge is 2.33. The van der Waals surface area contributed by atoms with Gasteiger partial charge in [0.25, 0.3) is 10.0 Å². The van der Waals surface area contributed by atoms with Crippen molar-refractivity contribution < 1.29 is 13.2 Å². The zero-order valence-electron chi connectivity index (χ0n) is 13.5. The van der Waals surface area contributed by atoms with Crippen molar-refractivity contribution >= 4 is 16.1 Å². The number of allylic oxidation sites excluding steroid dienone is 1. The van der Waals surface area contributed by atoms with Crippen molar-refractivity contribution in [1.82, 2.24) is 10.0 Å². The molecule has 0 unspecified atom stereocenters. The van der Waals surface area contributed by atoms with E-state index in [0.717, 1.165) is 37.7 Å². The Kier molecular flexibility index (Phi) is 5.46. The van der Waals surface area contributed by atoms with Crippen LogP contribution in [-0.2, 0) is 10.0 Å². The SMILES string of the molecule is C=CCC1(CNC(=O)NS(=O)(=O)c2ccc(C)cc2)CCCC1. The molecule has 1 aromatic rings. The van der Waals surface area contributed by atoms with Gasteiger partial charge < -0.3 is 5.32 Å². The highest BCUT2D eigenvalue weighted by molar-refractivity contribution is 7.90. The molecule has 0 spiro atoms. The molecular weight excluding hydrogens is 312 g/mol. The van der Waals surface area contributed by atoms with E-state index in [1.54, 1.807) is 12.1 Å². The molecule has 2 amide bonds. The van der Waals surface area contributed by atoms with E-state index in [1.807, 2.05) is 13.0 Å². The number of aryl methyl sites for hydroxylation is 1. The number of nitrogens with one attached hydrogen (secondary N) is 2. The van der Waals surface area contributed by atoms with Crippen molar-refractivity contribution in [3.8, 4) is 0 Å². The van der Waals surface area contributed by atoms with E-state index in [1.165, 1.54) is 12.1 Å². The molecule has 6 heteroatoms. The van der Waals surface area contributed by atoms with Crippen molar-refractivity contribution in [3.63, 3.8) is 0 Å². The smallest absolute Gasteiger partial charge is 0.328 e. The largest absolute Gasteiger partial charge is 0.337 e. The maximum atomic E-state index is 12.2. The summed E-state index contributed by atoms with van der Waals surface area (Å²) in [6, 6.07) is 5.69. The van der Waals surface area contributed by atoms with Gasteiger partial charge in [0.2, 0.25) is 0 Å². The minimum absolute atomic E-state index is 0.0205. The Bertz CT molecular complexity index is 660. The summed E-state index contributed by atoms with van der Waals surface area (Å²) in [6.45, 7) is 6.12. The van der Waals surface area contributed by atoms with Gasteiger partial charge in [0.05, 0.1) is 4.90 Å². The summed E-state index contributed by atoms with van der Waals surface area (Å²) in [6.07, 6.45) is 7.04. The van der Waals surface area contributed by atoms with E-state index in [9.17, 15) is 13.2 Å². The summed E-state index contributed by atoms with van der Waals surface area (Å²) in [5.41, 5.74) is 0.980. The molecule has 1 aliphatic carbocycles. The first-order chi connectivity index (χ1) is 10.9. The number of rotatable bonds is 6. The lowest BCUT2D eigenvalue weighted by Gasteiger charge is -2.27. The predicted octanol–water partition coefficient (Wildman–Crippen LogP) is 3.12. The first-order valence-corrected chi connectivity index (χ1v) is 9.33. The molecule has 0 bridgehead atoms. The Morgan fingerprint density at radius 2 is 1.87 bits per heavy atom. The molecule has 1 aromatic carbocycles. The highest BCUT2D eigenvalue weighted by atomic mass is 32.2. The molecule has 23 heavy (non-hydrogen) atoms. The van der Waals surface area contributed by atoms with Gasteiger partial charge in [-0.15, -0.1) is 6.58 Å².